The molecule has 2 amide bonds. The number of piperazine rings is 1. The maximum atomic E-state index is 12.8. The molecule has 6 heteroatoms. The summed E-state index contributed by atoms with van der Waals surface area (Å²) in [6, 6.07) is 13.7. The molecule has 1 saturated heterocycles. The van der Waals surface area contributed by atoms with E-state index in [1.165, 1.54) is 16.8 Å². The minimum absolute atomic E-state index is 0.0142. The fourth-order valence-electron chi connectivity index (χ4n) is 3.96. The van der Waals surface area contributed by atoms with Crippen LogP contribution >= 0.6 is 0 Å². The molecule has 0 aromatic heterocycles. The molecule has 0 unspecified atom stereocenters. The van der Waals surface area contributed by atoms with E-state index in [0.717, 1.165) is 13.1 Å². The first-order chi connectivity index (χ1) is 14.0. The van der Waals surface area contributed by atoms with Crippen molar-refractivity contribution < 1.29 is 14.3 Å². The number of carbonyl (C=O) groups excluding carboxylic acids is 2. The molecule has 0 aliphatic carbocycles. The van der Waals surface area contributed by atoms with Gasteiger partial charge in [0.1, 0.15) is 12.4 Å². The molecule has 2 aliphatic rings. The molecule has 2 aromatic carbocycles. The lowest BCUT2D eigenvalue weighted by Gasteiger charge is -2.37. The lowest BCUT2D eigenvalue weighted by atomic mass is 10.0. The van der Waals surface area contributed by atoms with Crippen LogP contribution in [0.1, 0.15) is 17.5 Å². The number of benzene rings is 2. The highest BCUT2D eigenvalue weighted by molar-refractivity contribution is 5.97. The minimum Gasteiger partial charge on any atom is -0.491 e. The van der Waals surface area contributed by atoms with Crippen LogP contribution in [0.4, 0.5) is 11.4 Å². The third kappa shape index (κ3) is 4.06. The van der Waals surface area contributed by atoms with Gasteiger partial charge in [-0.25, -0.2) is 0 Å². The van der Waals surface area contributed by atoms with Crippen LogP contribution in [0.25, 0.3) is 0 Å². The van der Waals surface area contributed by atoms with Crippen LogP contribution in [0.15, 0.2) is 42.5 Å². The molecule has 2 heterocycles. The Bertz CT molecular complexity index is 919. The van der Waals surface area contributed by atoms with E-state index in [9.17, 15) is 9.59 Å². The highest BCUT2D eigenvalue weighted by Gasteiger charge is 2.30. The summed E-state index contributed by atoms with van der Waals surface area (Å²) in [5, 5.41) is 2.88. The minimum atomic E-state index is -0.480. The largest absolute Gasteiger partial charge is 0.491 e. The summed E-state index contributed by atoms with van der Waals surface area (Å²) in [5.41, 5.74) is 4.47. The predicted octanol–water partition coefficient (Wildman–Crippen LogP) is 2.99. The molecule has 4 rings (SSSR count). The highest BCUT2D eigenvalue weighted by atomic mass is 16.5. The number of nitrogens with one attached hydrogen (secondary N) is 1. The summed E-state index contributed by atoms with van der Waals surface area (Å²) < 4.78 is 5.76. The molecule has 2 aliphatic heterocycles. The van der Waals surface area contributed by atoms with Gasteiger partial charge in [-0.15, -0.1) is 0 Å². The van der Waals surface area contributed by atoms with Gasteiger partial charge in [0.05, 0.1) is 11.6 Å². The van der Waals surface area contributed by atoms with Crippen LogP contribution in [0, 0.1) is 19.8 Å². The second kappa shape index (κ2) is 8.15. The quantitative estimate of drug-likeness (QED) is 0.871. The lowest BCUT2D eigenvalue weighted by Crippen LogP contribution is -2.49. The average molecular weight is 393 g/mol. The van der Waals surface area contributed by atoms with Crippen LogP contribution in [0.2, 0.25) is 0 Å². The van der Waals surface area contributed by atoms with Crippen LogP contribution in [0.3, 0.4) is 0 Å². The molecule has 0 bridgehead atoms. The molecule has 1 fully saturated rings. The summed E-state index contributed by atoms with van der Waals surface area (Å²) in [6.45, 7) is 7.42. The van der Waals surface area contributed by atoms with Gasteiger partial charge in [-0.05, 0) is 43.2 Å². The van der Waals surface area contributed by atoms with Gasteiger partial charge in [0.25, 0.3) is 0 Å². The molecule has 6 nitrogen and oxygen atoms in total. The smallest absolute Gasteiger partial charge is 0.231 e. The van der Waals surface area contributed by atoms with Crippen LogP contribution in [0.5, 0.6) is 5.75 Å². The normalized spacial score (nSPS) is 19.1. The standard InChI is InChI=1S/C23H27N3O3/c1-16-6-5-8-20(17(16)2)25-10-12-26(13-11-25)22(27)14-18-15-29-21-9-4-3-7-19(21)24-23(18)28/h3-9,18H,10-15H2,1-2H3,(H,24,28)/t18-/m0/s1. The average Bonchev–Trinajstić information content (AvgIpc) is 2.89. The van der Waals surface area contributed by atoms with Gasteiger partial charge in [-0.2, -0.15) is 0 Å². The first-order valence-electron chi connectivity index (χ1n) is 10.1. The maximum absolute atomic E-state index is 12.8. The van der Waals surface area contributed by atoms with E-state index in [1.807, 2.05) is 29.2 Å². The number of hydrogen-bond acceptors (Lipinski definition) is 4. The summed E-state index contributed by atoms with van der Waals surface area (Å²) in [5.74, 6) is 0.0301. The molecule has 1 atom stereocenters. The topological polar surface area (TPSA) is 61.9 Å². The zero-order valence-electron chi connectivity index (χ0n) is 17.0. The summed E-state index contributed by atoms with van der Waals surface area (Å²) in [7, 11) is 0. The van der Waals surface area contributed by atoms with Crippen molar-refractivity contribution in [3.8, 4) is 5.75 Å². The Morgan fingerprint density at radius 2 is 1.83 bits per heavy atom. The van der Waals surface area contributed by atoms with E-state index < -0.39 is 5.92 Å². The van der Waals surface area contributed by atoms with Crippen molar-refractivity contribution in [3.63, 3.8) is 0 Å². The SMILES string of the molecule is Cc1cccc(N2CCN(C(=O)C[C@H]3COc4ccccc4NC3=O)CC2)c1C. The first kappa shape index (κ1) is 19.3. The van der Waals surface area contributed by atoms with Crippen LogP contribution in [-0.2, 0) is 9.59 Å². The Morgan fingerprint density at radius 1 is 1.07 bits per heavy atom. The summed E-state index contributed by atoms with van der Waals surface area (Å²) in [6.07, 6.45) is 0.170. The molecule has 0 radical (unpaired) electrons. The van der Waals surface area contributed by atoms with E-state index in [0.29, 0.717) is 24.5 Å². The third-order valence-corrected chi connectivity index (χ3v) is 5.93. The van der Waals surface area contributed by atoms with Crippen molar-refractivity contribution in [2.75, 3.05) is 43.0 Å². The Labute approximate surface area is 171 Å². The van der Waals surface area contributed by atoms with Crippen molar-refractivity contribution >= 4 is 23.2 Å². The fraction of sp³-hybridized carbons (Fsp3) is 0.391. The van der Waals surface area contributed by atoms with E-state index >= 15 is 0 Å². The predicted molar refractivity (Wildman–Crippen MR) is 113 cm³/mol. The van der Waals surface area contributed by atoms with Gasteiger partial charge < -0.3 is 19.9 Å². The molecule has 1 N–H and O–H groups in total. The van der Waals surface area contributed by atoms with E-state index in [4.69, 9.17) is 4.74 Å². The monoisotopic (exact) mass is 393 g/mol. The van der Waals surface area contributed by atoms with Crippen LogP contribution in [-0.4, -0.2) is 49.5 Å². The summed E-state index contributed by atoms with van der Waals surface area (Å²) in [4.78, 5) is 29.6. The third-order valence-electron chi connectivity index (χ3n) is 5.93. The number of hydrogen-bond donors (Lipinski definition) is 1. The highest BCUT2D eigenvalue weighted by Crippen LogP contribution is 2.29. The zero-order valence-corrected chi connectivity index (χ0v) is 17.0. The Balaban J connectivity index is 1.34. The zero-order chi connectivity index (χ0) is 20.4. The van der Waals surface area contributed by atoms with Gasteiger partial charge in [0.15, 0.2) is 0 Å². The molecule has 152 valence electrons. The molecule has 2 aromatic rings. The Hall–Kier alpha value is -3.02. The van der Waals surface area contributed by atoms with Crippen molar-refractivity contribution in [2.45, 2.75) is 20.3 Å². The molecule has 29 heavy (non-hydrogen) atoms. The lowest BCUT2D eigenvalue weighted by molar-refractivity contribution is -0.135. The molecular weight excluding hydrogens is 366 g/mol. The second-order valence-corrected chi connectivity index (χ2v) is 7.78. The number of para-hydroxylation sites is 2. The molecule has 0 spiro atoms. The van der Waals surface area contributed by atoms with Crippen LogP contribution < -0.4 is 15.0 Å². The Morgan fingerprint density at radius 3 is 2.62 bits per heavy atom. The van der Waals surface area contributed by atoms with E-state index in [2.05, 4.69) is 42.3 Å². The van der Waals surface area contributed by atoms with Gasteiger partial charge in [0.2, 0.25) is 11.8 Å². The number of rotatable bonds is 3. The summed E-state index contributed by atoms with van der Waals surface area (Å²) >= 11 is 0. The number of anilines is 2. The van der Waals surface area contributed by atoms with E-state index in [1.54, 1.807) is 0 Å². The number of amides is 2. The van der Waals surface area contributed by atoms with Crippen molar-refractivity contribution in [3.05, 3.63) is 53.6 Å². The Kier molecular flexibility index (Phi) is 5.43. The number of fused-ring (bicyclic) bond motifs is 1. The number of nitrogens with zero attached hydrogens (tertiary/aromatic N) is 2. The molecule has 0 saturated carbocycles. The van der Waals surface area contributed by atoms with Gasteiger partial charge in [-0.3, -0.25) is 9.59 Å². The number of ether oxygens (including phenoxy) is 1. The van der Waals surface area contributed by atoms with Gasteiger partial charge >= 0.3 is 0 Å². The maximum Gasteiger partial charge on any atom is 0.231 e. The first-order valence-corrected chi connectivity index (χ1v) is 10.1. The second-order valence-electron chi connectivity index (χ2n) is 7.78. The molecular formula is C23H27N3O3. The van der Waals surface area contributed by atoms with Gasteiger partial charge in [0, 0.05) is 38.3 Å². The van der Waals surface area contributed by atoms with Gasteiger partial charge in [-0.1, -0.05) is 24.3 Å². The van der Waals surface area contributed by atoms with Crippen molar-refractivity contribution in [2.24, 2.45) is 5.92 Å². The van der Waals surface area contributed by atoms with Crippen molar-refractivity contribution in [1.29, 1.82) is 0 Å². The fourth-order valence-corrected chi connectivity index (χ4v) is 3.96. The van der Waals surface area contributed by atoms with E-state index in [-0.39, 0.29) is 24.8 Å². The van der Waals surface area contributed by atoms with Crippen molar-refractivity contribution in [1.82, 2.24) is 4.90 Å². The number of carbonyl (C=O) groups is 2. The number of aryl methyl sites for hydroxylation is 1.